The molecule has 0 spiro atoms. The van der Waals surface area contributed by atoms with Crippen molar-refractivity contribution in [3.8, 4) is 11.8 Å². The van der Waals surface area contributed by atoms with Crippen molar-refractivity contribution in [1.82, 2.24) is 0 Å². The van der Waals surface area contributed by atoms with Crippen molar-refractivity contribution >= 4 is 32.0 Å². The maximum atomic E-state index is 11.6. The van der Waals surface area contributed by atoms with Gasteiger partial charge in [-0.3, -0.25) is 0 Å². The van der Waals surface area contributed by atoms with Gasteiger partial charge in [-0.25, -0.2) is 8.42 Å². The molecule has 7 heteroatoms. The van der Waals surface area contributed by atoms with E-state index in [1.165, 1.54) is 24.3 Å². The SMILES string of the molecule is CS(=O)(=O)c1ccc(N=Nc2ccc(O)c3ccccc23)c(C#N)c1. The fourth-order valence-corrected chi connectivity index (χ4v) is 3.03. The minimum atomic E-state index is -3.40. The molecule has 0 aliphatic rings. The summed E-state index contributed by atoms with van der Waals surface area (Å²) in [7, 11) is -3.40. The molecule has 1 N–H and O–H groups in total. The maximum absolute atomic E-state index is 11.6. The highest BCUT2D eigenvalue weighted by Gasteiger charge is 2.11. The van der Waals surface area contributed by atoms with Crippen LogP contribution < -0.4 is 0 Å². The minimum absolute atomic E-state index is 0.0538. The van der Waals surface area contributed by atoms with Gasteiger partial charge in [0.2, 0.25) is 0 Å². The summed E-state index contributed by atoms with van der Waals surface area (Å²) in [6, 6.07) is 16.4. The molecule has 0 saturated carbocycles. The summed E-state index contributed by atoms with van der Waals surface area (Å²) in [4.78, 5) is 0.0538. The summed E-state index contributed by atoms with van der Waals surface area (Å²) >= 11 is 0. The number of benzene rings is 3. The molecular formula is C18H13N3O3S. The minimum Gasteiger partial charge on any atom is -0.507 e. The van der Waals surface area contributed by atoms with Crippen LogP contribution in [-0.4, -0.2) is 19.8 Å². The van der Waals surface area contributed by atoms with Crippen molar-refractivity contribution < 1.29 is 13.5 Å². The largest absolute Gasteiger partial charge is 0.507 e. The number of hydrogen-bond donors (Lipinski definition) is 1. The van der Waals surface area contributed by atoms with Crippen LogP contribution in [0.4, 0.5) is 11.4 Å². The Morgan fingerprint density at radius 2 is 1.60 bits per heavy atom. The summed E-state index contributed by atoms with van der Waals surface area (Å²) in [6.45, 7) is 0. The third-order valence-electron chi connectivity index (χ3n) is 3.66. The number of aromatic hydroxyl groups is 1. The van der Waals surface area contributed by atoms with Gasteiger partial charge in [0.05, 0.1) is 16.1 Å². The average Bonchev–Trinajstić information content (AvgIpc) is 2.60. The van der Waals surface area contributed by atoms with Crippen LogP contribution in [0, 0.1) is 11.3 Å². The molecule has 0 bridgehead atoms. The van der Waals surface area contributed by atoms with Crippen LogP contribution in [0.15, 0.2) is 69.7 Å². The van der Waals surface area contributed by atoms with Gasteiger partial charge in [0.1, 0.15) is 17.5 Å². The lowest BCUT2D eigenvalue weighted by Crippen LogP contribution is -1.97. The van der Waals surface area contributed by atoms with Gasteiger partial charge < -0.3 is 5.11 Å². The second-order valence-corrected chi connectivity index (χ2v) is 7.43. The number of hydrogen-bond acceptors (Lipinski definition) is 6. The Kier molecular flexibility index (Phi) is 4.21. The molecule has 0 aliphatic carbocycles. The summed E-state index contributed by atoms with van der Waals surface area (Å²) in [5, 5.41) is 28.7. The Hall–Kier alpha value is -3.24. The van der Waals surface area contributed by atoms with Gasteiger partial charge in [-0.15, -0.1) is 10.2 Å². The predicted molar refractivity (Wildman–Crippen MR) is 94.1 cm³/mol. The molecule has 3 rings (SSSR count). The van der Waals surface area contributed by atoms with Crippen LogP contribution in [0.5, 0.6) is 5.75 Å². The zero-order valence-corrected chi connectivity index (χ0v) is 14.0. The molecule has 0 heterocycles. The van der Waals surface area contributed by atoms with E-state index in [0.717, 1.165) is 11.6 Å². The first kappa shape index (κ1) is 16.6. The van der Waals surface area contributed by atoms with E-state index in [-0.39, 0.29) is 21.9 Å². The van der Waals surface area contributed by atoms with E-state index in [1.54, 1.807) is 24.3 Å². The van der Waals surface area contributed by atoms with Crippen molar-refractivity contribution in [2.24, 2.45) is 10.2 Å². The molecule has 25 heavy (non-hydrogen) atoms. The molecule has 3 aromatic rings. The number of rotatable bonds is 3. The fraction of sp³-hybridized carbons (Fsp3) is 0.0556. The first-order valence-corrected chi connectivity index (χ1v) is 9.16. The zero-order chi connectivity index (χ0) is 18.0. The van der Waals surface area contributed by atoms with Gasteiger partial charge in [0.25, 0.3) is 0 Å². The Labute approximate surface area is 144 Å². The molecule has 0 radical (unpaired) electrons. The molecule has 0 aromatic heterocycles. The molecule has 0 fully saturated rings. The van der Waals surface area contributed by atoms with Gasteiger partial charge in [0, 0.05) is 17.0 Å². The van der Waals surface area contributed by atoms with Crippen molar-refractivity contribution in [2.75, 3.05) is 6.26 Å². The van der Waals surface area contributed by atoms with E-state index in [2.05, 4.69) is 10.2 Å². The number of phenolic OH excluding ortho intramolecular Hbond substituents is 1. The van der Waals surface area contributed by atoms with Gasteiger partial charge in [0.15, 0.2) is 9.84 Å². The molecule has 0 amide bonds. The van der Waals surface area contributed by atoms with E-state index in [0.29, 0.717) is 11.1 Å². The lowest BCUT2D eigenvalue weighted by molar-refractivity contribution is 0.481. The molecule has 6 nitrogen and oxygen atoms in total. The Bertz CT molecular complexity index is 1150. The first-order chi connectivity index (χ1) is 11.9. The van der Waals surface area contributed by atoms with Gasteiger partial charge in [-0.05, 0) is 30.3 Å². The normalized spacial score (nSPS) is 11.7. The van der Waals surface area contributed by atoms with E-state index < -0.39 is 9.84 Å². The van der Waals surface area contributed by atoms with Crippen molar-refractivity contribution in [1.29, 1.82) is 5.26 Å². The standard InChI is InChI=1S/C18H13N3O3S/c1-25(23,24)13-6-7-16(12(10-13)11-19)20-21-17-8-9-18(22)15-5-3-2-4-14(15)17/h2-10,22H,1H3. The highest BCUT2D eigenvalue weighted by Crippen LogP contribution is 2.33. The second-order valence-electron chi connectivity index (χ2n) is 5.41. The lowest BCUT2D eigenvalue weighted by Gasteiger charge is -2.04. The van der Waals surface area contributed by atoms with Crippen molar-refractivity contribution in [2.45, 2.75) is 4.90 Å². The maximum Gasteiger partial charge on any atom is 0.175 e. The van der Waals surface area contributed by atoms with Crippen LogP contribution >= 0.6 is 0 Å². The van der Waals surface area contributed by atoms with E-state index >= 15 is 0 Å². The second kappa shape index (κ2) is 6.34. The molecule has 0 atom stereocenters. The summed E-state index contributed by atoms with van der Waals surface area (Å²) < 4.78 is 23.2. The van der Waals surface area contributed by atoms with E-state index in [9.17, 15) is 18.8 Å². The molecule has 0 unspecified atom stereocenters. The Morgan fingerprint density at radius 3 is 2.28 bits per heavy atom. The van der Waals surface area contributed by atoms with Gasteiger partial charge in [-0.2, -0.15) is 5.26 Å². The van der Waals surface area contributed by atoms with E-state index in [1.807, 2.05) is 12.1 Å². The summed E-state index contributed by atoms with van der Waals surface area (Å²) in [6.07, 6.45) is 1.08. The molecule has 0 aliphatic heterocycles. The first-order valence-electron chi connectivity index (χ1n) is 7.27. The average molecular weight is 351 g/mol. The zero-order valence-electron chi connectivity index (χ0n) is 13.2. The van der Waals surface area contributed by atoms with Crippen LogP contribution in [0.25, 0.3) is 10.8 Å². The van der Waals surface area contributed by atoms with Crippen LogP contribution in [-0.2, 0) is 9.84 Å². The lowest BCUT2D eigenvalue weighted by atomic mass is 10.1. The van der Waals surface area contributed by atoms with E-state index in [4.69, 9.17) is 0 Å². The Morgan fingerprint density at radius 1 is 0.960 bits per heavy atom. The number of azo groups is 1. The van der Waals surface area contributed by atoms with Crippen LogP contribution in [0.2, 0.25) is 0 Å². The number of nitrogens with zero attached hydrogens (tertiary/aromatic N) is 3. The smallest absolute Gasteiger partial charge is 0.175 e. The highest BCUT2D eigenvalue weighted by atomic mass is 32.2. The monoisotopic (exact) mass is 351 g/mol. The number of fused-ring (bicyclic) bond motifs is 1. The molecule has 124 valence electrons. The van der Waals surface area contributed by atoms with Crippen molar-refractivity contribution in [3.63, 3.8) is 0 Å². The number of sulfone groups is 1. The third-order valence-corrected chi connectivity index (χ3v) is 4.77. The molecular weight excluding hydrogens is 338 g/mol. The van der Waals surface area contributed by atoms with Gasteiger partial charge in [-0.1, -0.05) is 24.3 Å². The molecule has 0 saturated heterocycles. The third kappa shape index (κ3) is 3.34. The summed E-state index contributed by atoms with van der Waals surface area (Å²) in [5.41, 5.74) is 0.922. The van der Waals surface area contributed by atoms with Crippen LogP contribution in [0.1, 0.15) is 5.56 Å². The van der Waals surface area contributed by atoms with Crippen LogP contribution in [0.3, 0.4) is 0 Å². The van der Waals surface area contributed by atoms with Crippen molar-refractivity contribution in [3.05, 3.63) is 60.2 Å². The predicted octanol–water partition coefficient (Wildman–Crippen LogP) is 4.24. The molecule has 3 aromatic carbocycles. The van der Waals surface area contributed by atoms with Gasteiger partial charge >= 0.3 is 0 Å². The quantitative estimate of drug-likeness (QED) is 0.713. The highest BCUT2D eigenvalue weighted by molar-refractivity contribution is 7.90. The summed E-state index contributed by atoms with van der Waals surface area (Å²) in [5.74, 6) is 0.143. The fourth-order valence-electron chi connectivity index (χ4n) is 2.38. The topological polar surface area (TPSA) is 103 Å². The number of nitriles is 1. The Balaban J connectivity index is 2.07. The number of phenols is 1.